The number of nitrogens with zero attached hydrogens (tertiary/aromatic N) is 1. The first kappa shape index (κ1) is 31.7. The summed E-state index contributed by atoms with van der Waals surface area (Å²) in [6.07, 6.45) is 1.61. The molecule has 1 aromatic heterocycles. The number of rotatable bonds is 11. The van der Waals surface area contributed by atoms with Crippen LogP contribution >= 0.6 is 39.0 Å². The van der Waals surface area contributed by atoms with Crippen LogP contribution in [0.25, 0.3) is 17.3 Å². The SMILES string of the molecule is COc1ccccc1-c1csc(NC(=O)CSc2cccc(NC(=O)/C(=C/c3ccc(Br)cc3)NC(=O)c3ccccc3)c2)n1. The molecule has 0 aliphatic heterocycles. The summed E-state index contributed by atoms with van der Waals surface area (Å²) in [5, 5.41) is 10.8. The second-order valence-electron chi connectivity index (χ2n) is 9.49. The van der Waals surface area contributed by atoms with Crippen molar-refractivity contribution < 1.29 is 19.1 Å². The van der Waals surface area contributed by atoms with Gasteiger partial charge < -0.3 is 20.7 Å². The van der Waals surface area contributed by atoms with Gasteiger partial charge in [0.2, 0.25) is 5.91 Å². The highest BCUT2D eigenvalue weighted by Gasteiger charge is 2.16. The Morgan fingerprint density at radius 1 is 0.911 bits per heavy atom. The molecule has 5 rings (SSSR count). The second-order valence-corrected chi connectivity index (χ2v) is 12.3. The van der Waals surface area contributed by atoms with Crippen LogP contribution in [0, 0.1) is 0 Å². The van der Waals surface area contributed by atoms with Crippen LogP contribution in [0.4, 0.5) is 10.8 Å². The maximum Gasteiger partial charge on any atom is 0.272 e. The van der Waals surface area contributed by atoms with Gasteiger partial charge in [-0.05, 0) is 66.2 Å². The standard InChI is InChI=1S/C34H27BrN4O4S2/c1-43-30-13-6-5-12-27(30)29-20-45-34(38-29)39-31(40)21-44-26-11-7-10-25(19-26)36-33(42)28(18-22-14-16-24(35)17-15-22)37-32(41)23-8-3-2-4-9-23/h2-20H,21H2,1H3,(H,36,42)(H,37,41)(H,38,39,40)/b28-18-. The van der Waals surface area contributed by atoms with E-state index in [1.54, 1.807) is 55.7 Å². The van der Waals surface area contributed by atoms with Gasteiger partial charge in [-0.1, -0.05) is 64.5 Å². The lowest BCUT2D eigenvalue weighted by atomic mass is 10.1. The number of hydrogen-bond donors (Lipinski definition) is 3. The fourth-order valence-corrected chi connectivity index (χ4v) is 5.89. The van der Waals surface area contributed by atoms with E-state index < -0.39 is 11.8 Å². The second kappa shape index (κ2) is 15.3. The van der Waals surface area contributed by atoms with Crippen molar-refractivity contribution in [2.75, 3.05) is 23.5 Å². The minimum absolute atomic E-state index is 0.0829. The van der Waals surface area contributed by atoms with E-state index in [0.717, 1.165) is 26.2 Å². The summed E-state index contributed by atoms with van der Waals surface area (Å²) in [5.74, 6) is -0.254. The van der Waals surface area contributed by atoms with Crippen LogP contribution in [-0.2, 0) is 9.59 Å². The number of methoxy groups -OCH3 is 1. The summed E-state index contributed by atoms with van der Waals surface area (Å²) in [6.45, 7) is 0. The summed E-state index contributed by atoms with van der Waals surface area (Å²) in [4.78, 5) is 44.3. The van der Waals surface area contributed by atoms with Gasteiger partial charge in [0, 0.05) is 31.6 Å². The van der Waals surface area contributed by atoms with Gasteiger partial charge in [-0.15, -0.1) is 23.1 Å². The molecule has 4 aromatic carbocycles. The van der Waals surface area contributed by atoms with Crippen molar-refractivity contribution in [3.8, 4) is 17.0 Å². The third-order valence-electron chi connectivity index (χ3n) is 6.31. The van der Waals surface area contributed by atoms with E-state index in [9.17, 15) is 14.4 Å². The molecule has 0 saturated carbocycles. The molecular formula is C34H27BrN4O4S2. The van der Waals surface area contributed by atoms with Crippen LogP contribution in [-0.4, -0.2) is 35.6 Å². The third kappa shape index (κ3) is 8.91. The number of hydrogen-bond acceptors (Lipinski definition) is 7. The molecule has 3 N–H and O–H groups in total. The van der Waals surface area contributed by atoms with Gasteiger partial charge >= 0.3 is 0 Å². The number of thioether (sulfide) groups is 1. The summed E-state index contributed by atoms with van der Waals surface area (Å²) in [7, 11) is 1.61. The molecule has 0 aliphatic carbocycles. The van der Waals surface area contributed by atoms with Gasteiger partial charge in [0.15, 0.2) is 5.13 Å². The Kier molecular flexibility index (Phi) is 10.8. The van der Waals surface area contributed by atoms with Crippen molar-refractivity contribution in [2.45, 2.75) is 4.90 Å². The number of para-hydroxylation sites is 1. The summed E-state index contributed by atoms with van der Waals surface area (Å²) >= 11 is 6.07. The smallest absolute Gasteiger partial charge is 0.272 e. The minimum Gasteiger partial charge on any atom is -0.496 e. The third-order valence-corrected chi connectivity index (χ3v) is 8.59. The summed E-state index contributed by atoms with van der Waals surface area (Å²) in [5.41, 5.74) is 3.33. The van der Waals surface area contributed by atoms with Gasteiger partial charge in [-0.25, -0.2) is 4.98 Å². The van der Waals surface area contributed by atoms with Gasteiger partial charge in [0.25, 0.3) is 11.8 Å². The van der Waals surface area contributed by atoms with Gasteiger partial charge in [-0.3, -0.25) is 14.4 Å². The molecule has 0 bridgehead atoms. The van der Waals surface area contributed by atoms with E-state index in [0.29, 0.717) is 22.1 Å². The number of benzene rings is 4. The molecule has 226 valence electrons. The molecule has 11 heteroatoms. The number of carbonyl (C=O) groups excluding carboxylic acids is 3. The lowest BCUT2D eigenvalue weighted by Gasteiger charge is -2.12. The molecule has 0 fully saturated rings. The lowest BCUT2D eigenvalue weighted by molar-refractivity contribution is -0.114. The highest BCUT2D eigenvalue weighted by molar-refractivity contribution is 9.10. The Hall–Kier alpha value is -4.71. The predicted octanol–water partition coefficient (Wildman–Crippen LogP) is 7.72. The first-order valence-electron chi connectivity index (χ1n) is 13.6. The van der Waals surface area contributed by atoms with Crippen molar-refractivity contribution >= 4 is 73.6 Å². The van der Waals surface area contributed by atoms with Gasteiger partial charge in [0.05, 0.1) is 18.6 Å². The van der Waals surface area contributed by atoms with Crippen LogP contribution in [0.3, 0.4) is 0 Å². The number of thiazole rings is 1. The molecule has 0 spiro atoms. The molecule has 8 nitrogen and oxygen atoms in total. The van der Waals surface area contributed by atoms with Gasteiger partial charge in [0.1, 0.15) is 11.4 Å². The first-order valence-corrected chi connectivity index (χ1v) is 16.3. The quantitative estimate of drug-likeness (QED) is 0.0963. The minimum atomic E-state index is -0.489. The van der Waals surface area contributed by atoms with Gasteiger partial charge in [-0.2, -0.15) is 0 Å². The van der Waals surface area contributed by atoms with Crippen LogP contribution in [0.15, 0.2) is 124 Å². The molecule has 0 saturated heterocycles. The summed E-state index contributed by atoms with van der Waals surface area (Å²) in [6, 6.07) is 30.8. The molecular weight excluding hydrogens is 672 g/mol. The number of aromatic nitrogens is 1. The largest absolute Gasteiger partial charge is 0.496 e. The van der Waals surface area contributed by atoms with Crippen molar-refractivity contribution in [1.82, 2.24) is 10.3 Å². The Bertz CT molecular complexity index is 1840. The molecule has 45 heavy (non-hydrogen) atoms. The molecule has 0 atom stereocenters. The van der Waals surface area contributed by atoms with E-state index in [2.05, 4.69) is 36.9 Å². The molecule has 3 amide bonds. The summed E-state index contributed by atoms with van der Waals surface area (Å²) < 4.78 is 6.31. The average molecular weight is 700 g/mol. The first-order chi connectivity index (χ1) is 21.9. The molecule has 5 aromatic rings. The number of ether oxygens (including phenoxy) is 1. The van der Waals surface area contributed by atoms with E-state index in [1.165, 1.54) is 23.1 Å². The molecule has 1 heterocycles. The van der Waals surface area contributed by atoms with Crippen molar-refractivity contribution in [2.24, 2.45) is 0 Å². The fourth-order valence-electron chi connectivity index (χ4n) is 4.15. The molecule has 0 unspecified atom stereocenters. The van der Waals surface area contributed by atoms with Crippen molar-refractivity contribution in [3.63, 3.8) is 0 Å². The number of anilines is 2. The number of nitrogens with one attached hydrogen (secondary N) is 3. The maximum absolute atomic E-state index is 13.4. The van der Waals surface area contributed by atoms with E-state index in [4.69, 9.17) is 4.74 Å². The number of carbonyl (C=O) groups is 3. The van der Waals surface area contributed by atoms with E-state index in [-0.39, 0.29) is 17.4 Å². The lowest BCUT2D eigenvalue weighted by Crippen LogP contribution is -2.30. The van der Waals surface area contributed by atoms with Crippen molar-refractivity contribution in [3.05, 3.63) is 130 Å². The predicted molar refractivity (Wildman–Crippen MR) is 185 cm³/mol. The zero-order valence-corrected chi connectivity index (χ0v) is 27.2. The number of amides is 3. The zero-order chi connectivity index (χ0) is 31.6. The van der Waals surface area contributed by atoms with Crippen LogP contribution < -0.4 is 20.7 Å². The maximum atomic E-state index is 13.4. The van der Waals surface area contributed by atoms with Crippen LogP contribution in [0.1, 0.15) is 15.9 Å². The van der Waals surface area contributed by atoms with Crippen LogP contribution in [0.2, 0.25) is 0 Å². The normalized spacial score (nSPS) is 11.0. The van der Waals surface area contributed by atoms with Crippen molar-refractivity contribution in [1.29, 1.82) is 0 Å². The topological polar surface area (TPSA) is 109 Å². The highest BCUT2D eigenvalue weighted by Crippen LogP contribution is 2.32. The Morgan fingerprint density at radius 2 is 1.67 bits per heavy atom. The molecule has 0 radical (unpaired) electrons. The zero-order valence-electron chi connectivity index (χ0n) is 24.0. The van der Waals surface area contributed by atoms with E-state index in [1.807, 2.05) is 66.0 Å². The Balaban J connectivity index is 1.22. The van der Waals surface area contributed by atoms with Crippen LogP contribution in [0.5, 0.6) is 5.75 Å². The Labute approximate surface area is 277 Å². The highest BCUT2D eigenvalue weighted by atomic mass is 79.9. The average Bonchev–Trinajstić information content (AvgIpc) is 3.53. The molecule has 0 aliphatic rings. The van der Waals surface area contributed by atoms with E-state index >= 15 is 0 Å². The monoisotopic (exact) mass is 698 g/mol. The Morgan fingerprint density at radius 3 is 2.44 bits per heavy atom. The number of halogens is 1. The fraction of sp³-hybridized carbons (Fsp3) is 0.0588.